The average molecular weight is 899 g/mol. The standard InChI is InChI=1S/C58H106O6/c1-4-7-10-13-16-19-22-25-28-29-31-33-36-39-42-45-48-51-57(60)63-54-55(53-62-56(59)50-47-44-41-38-35-32-27-24-21-18-15-12-9-6-3)64-58(61)52-49-46-43-40-37-34-30-26-23-20-17-14-11-8-5-2/h9,12,18,20-21,23,55H,4-8,10-11,13-17,19,22,24-54H2,1-3H3/b12-9-,21-18-,23-20-. The largest absolute Gasteiger partial charge is 0.462 e. The van der Waals surface area contributed by atoms with Crippen molar-refractivity contribution in [2.45, 2.75) is 303 Å². The summed E-state index contributed by atoms with van der Waals surface area (Å²) in [5, 5.41) is 0. The highest BCUT2D eigenvalue weighted by atomic mass is 16.6. The van der Waals surface area contributed by atoms with E-state index in [-0.39, 0.29) is 31.1 Å². The van der Waals surface area contributed by atoms with Gasteiger partial charge in [0.05, 0.1) is 0 Å². The summed E-state index contributed by atoms with van der Waals surface area (Å²) >= 11 is 0. The summed E-state index contributed by atoms with van der Waals surface area (Å²) in [7, 11) is 0. The number of esters is 3. The molecular weight excluding hydrogens is 793 g/mol. The molecule has 0 amide bonds. The maximum absolute atomic E-state index is 12.8. The Morgan fingerprint density at radius 1 is 0.328 bits per heavy atom. The van der Waals surface area contributed by atoms with E-state index in [2.05, 4.69) is 57.2 Å². The van der Waals surface area contributed by atoms with E-state index in [9.17, 15) is 14.4 Å². The topological polar surface area (TPSA) is 78.9 Å². The maximum atomic E-state index is 12.8. The van der Waals surface area contributed by atoms with E-state index < -0.39 is 6.10 Å². The van der Waals surface area contributed by atoms with Crippen molar-refractivity contribution in [3.63, 3.8) is 0 Å². The molecule has 0 aromatic heterocycles. The smallest absolute Gasteiger partial charge is 0.306 e. The fraction of sp³-hybridized carbons (Fsp3) is 0.845. The van der Waals surface area contributed by atoms with Gasteiger partial charge < -0.3 is 14.2 Å². The van der Waals surface area contributed by atoms with Gasteiger partial charge >= 0.3 is 17.9 Å². The summed E-state index contributed by atoms with van der Waals surface area (Å²) in [6.07, 6.45) is 62.7. The van der Waals surface area contributed by atoms with E-state index >= 15 is 0 Å². The molecule has 0 N–H and O–H groups in total. The molecule has 0 fully saturated rings. The monoisotopic (exact) mass is 899 g/mol. The minimum atomic E-state index is -0.774. The Labute approximate surface area is 397 Å². The lowest BCUT2D eigenvalue weighted by molar-refractivity contribution is -0.167. The second kappa shape index (κ2) is 53.2. The Morgan fingerprint density at radius 2 is 0.609 bits per heavy atom. The van der Waals surface area contributed by atoms with Crippen molar-refractivity contribution in [2.24, 2.45) is 0 Å². The number of unbranched alkanes of at least 4 members (excludes halogenated alkanes) is 34. The van der Waals surface area contributed by atoms with Gasteiger partial charge in [0.1, 0.15) is 13.2 Å². The van der Waals surface area contributed by atoms with Gasteiger partial charge in [-0.1, -0.05) is 243 Å². The Bertz CT molecular complexity index is 1080. The summed E-state index contributed by atoms with van der Waals surface area (Å²) in [4.78, 5) is 38.1. The maximum Gasteiger partial charge on any atom is 0.306 e. The van der Waals surface area contributed by atoms with Crippen LogP contribution in [0.4, 0.5) is 0 Å². The first-order chi connectivity index (χ1) is 31.5. The SMILES string of the molecule is CC/C=C\C/C=C\CCCCCCCCCC(=O)OCC(COC(=O)CCCCCCCCCCCCCCCCCCC)OC(=O)CCCCCCCCC/C=C\CCCCCC. The van der Waals surface area contributed by atoms with Crippen LogP contribution in [0.15, 0.2) is 36.5 Å². The lowest BCUT2D eigenvalue weighted by atomic mass is 10.0. The van der Waals surface area contributed by atoms with Gasteiger partial charge in [0.25, 0.3) is 0 Å². The summed E-state index contributed by atoms with van der Waals surface area (Å²) in [6, 6.07) is 0. The Hall–Kier alpha value is -2.37. The van der Waals surface area contributed by atoms with Crippen LogP contribution < -0.4 is 0 Å². The zero-order valence-electron chi connectivity index (χ0n) is 42.8. The van der Waals surface area contributed by atoms with Crippen LogP contribution in [0.3, 0.4) is 0 Å². The minimum Gasteiger partial charge on any atom is -0.462 e. The summed E-state index contributed by atoms with van der Waals surface area (Å²) in [5.41, 5.74) is 0. The molecule has 0 aliphatic heterocycles. The molecule has 0 heterocycles. The van der Waals surface area contributed by atoms with Crippen LogP contribution in [0.25, 0.3) is 0 Å². The normalized spacial score (nSPS) is 12.2. The van der Waals surface area contributed by atoms with Gasteiger partial charge in [0, 0.05) is 19.3 Å². The van der Waals surface area contributed by atoms with Gasteiger partial charge in [-0.2, -0.15) is 0 Å². The van der Waals surface area contributed by atoms with E-state index in [0.29, 0.717) is 19.3 Å². The van der Waals surface area contributed by atoms with Gasteiger partial charge in [-0.3, -0.25) is 14.4 Å². The molecule has 6 heteroatoms. The van der Waals surface area contributed by atoms with E-state index in [0.717, 1.165) is 77.0 Å². The van der Waals surface area contributed by atoms with Gasteiger partial charge in [-0.15, -0.1) is 0 Å². The molecule has 0 bridgehead atoms. The van der Waals surface area contributed by atoms with Crippen LogP contribution in [0.1, 0.15) is 297 Å². The highest BCUT2D eigenvalue weighted by Gasteiger charge is 2.19. The fourth-order valence-corrected chi connectivity index (χ4v) is 8.18. The van der Waals surface area contributed by atoms with E-state index in [4.69, 9.17) is 14.2 Å². The number of ether oxygens (including phenoxy) is 3. The third kappa shape index (κ3) is 50.6. The van der Waals surface area contributed by atoms with E-state index in [1.165, 1.54) is 180 Å². The van der Waals surface area contributed by atoms with Crippen molar-refractivity contribution < 1.29 is 28.6 Å². The molecule has 0 spiro atoms. The Kier molecular flexibility index (Phi) is 51.3. The number of allylic oxidation sites excluding steroid dienone is 6. The third-order valence-electron chi connectivity index (χ3n) is 12.4. The second-order valence-corrected chi connectivity index (χ2v) is 18.8. The van der Waals surface area contributed by atoms with Crippen molar-refractivity contribution >= 4 is 17.9 Å². The molecule has 1 unspecified atom stereocenters. The van der Waals surface area contributed by atoms with Gasteiger partial charge in [0.2, 0.25) is 0 Å². The van der Waals surface area contributed by atoms with E-state index in [1.54, 1.807) is 0 Å². The molecule has 64 heavy (non-hydrogen) atoms. The Balaban J connectivity index is 4.34. The molecule has 0 saturated carbocycles. The number of hydrogen-bond donors (Lipinski definition) is 0. The molecular formula is C58H106O6. The van der Waals surface area contributed by atoms with Gasteiger partial charge in [0.15, 0.2) is 6.10 Å². The van der Waals surface area contributed by atoms with Crippen molar-refractivity contribution in [2.75, 3.05) is 13.2 Å². The predicted octanol–water partition coefficient (Wildman–Crippen LogP) is 18.5. The highest BCUT2D eigenvalue weighted by Crippen LogP contribution is 2.16. The van der Waals surface area contributed by atoms with Crippen LogP contribution in [0.5, 0.6) is 0 Å². The summed E-state index contributed by atoms with van der Waals surface area (Å²) in [5.74, 6) is -0.871. The van der Waals surface area contributed by atoms with Crippen LogP contribution >= 0.6 is 0 Å². The van der Waals surface area contributed by atoms with Crippen molar-refractivity contribution in [1.29, 1.82) is 0 Å². The zero-order valence-corrected chi connectivity index (χ0v) is 42.8. The van der Waals surface area contributed by atoms with Crippen molar-refractivity contribution in [3.05, 3.63) is 36.5 Å². The average Bonchev–Trinajstić information content (AvgIpc) is 3.29. The van der Waals surface area contributed by atoms with Crippen LogP contribution in [0.2, 0.25) is 0 Å². The number of carbonyl (C=O) groups is 3. The molecule has 0 aromatic rings. The molecule has 0 aliphatic carbocycles. The molecule has 0 aliphatic rings. The Morgan fingerprint density at radius 3 is 0.969 bits per heavy atom. The number of carbonyl (C=O) groups excluding carboxylic acids is 3. The quantitative estimate of drug-likeness (QED) is 0.0262. The molecule has 0 radical (unpaired) electrons. The van der Waals surface area contributed by atoms with Gasteiger partial charge in [-0.25, -0.2) is 0 Å². The predicted molar refractivity (Wildman–Crippen MR) is 275 cm³/mol. The second-order valence-electron chi connectivity index (χ2n) is 18.8. The lowest BCUT2D eigenvalue weighted by Crippen LogP contribution is -2.30. The molecule has 0 rings (SSSR count). The van der Waals surface area contributed by atoms with Crippen LogP contribution in [-0.4, -0.2) is 37.2 Å². The van der Waals surface area contributed by atoms with Gasteiger partial charge in [-0.05, 0) is 70.6 Å². The van der Waals surface area contributed by atoms with Crippen molar-refractivity contribution in [1.82, 2.24) is 0 Å². The first-order valence-electron chi connectivity index (χ1n) is 28.0. The molecule has 374 valence electrons. The number of rotatable bonds is 51. The first kappa shape index (κ1) is 61.6. The molecule has 1 atom stereocenters. The lowest BCUT2D eigenvalue weighted by Gasteiger charge is -2.18. The number of hydrogen-bond acceptors (Lipinski definition) is 6. The van der Waals surface area contributed by atoms with Crippen LogP contribution in [0, 0.1) is 0 Å². The zero-order chi connectivity index (χ0) is 46.5. The fourth-order valence-electron chi connectivity index (χ4n) is 8.18. The molecule has 0 saturated heterocycles. The van der Waals surface area contributed by atoms with Crippen LogP contribution in [-0.2, 0) is 28.6 Å². The van der Waals surface area contributed by atoms with E-state index in [1.807, 2.05) is 0 Å². The summed E-state index contributed by atoms with van der Waals surface area (Å²) in [6.45, 7) is 6.55. The minimum absolute atomic E-state index is 0.0729. The molecule has 6 nitrogen and oxygen atoms in total. The third-order valence-corrected chi connectivity index (χ3v) is 12.4. The first-order valence-corrected chi connectivity index (χ1v) is 28.0. The molecule has 0 aromatic carbocycles. The van der Waals surface area contributed by atoms with Crippen molar-refractivity contribution in [3.8, 4) is 0 Å². The summed E-state index contributed by atoms with van der Waals surface area (Å²) < 4.78 is 16.9. The highest BCUT2D eigenvalue weighted by molar-refractivity contribution is 5.71.